The number of carbonyl (C=O) groups excluding carboxylic acids is 1. The average Bonchev–Trinajstić information content (AvgIpc) is 2.66. The number of rotatable bonds is 8. The quantitative estimate of drug-likeness (QED) is 0.755. The van der Waals surface area contributed by atoms with Crippen LogP contribution in [0.4, 0.5) is 0 Å². The maximum absolute atomic E-state index is 12.5. The van der Waals surface area contributed by atoms with E-state index in [0.29, 0.717) is 12.3 Å². The highest BCUT2D eigenvalue weighted by Gasteiger charge is 2.22. The van der Waals surface area contributed by atoms with Crippen LogP contribution in [-0.2, 0) is 21.4 Å². The number of carbonyl (C=O) groups is 1. The normalized spacial score (nSPS) is 11.0. The molecule has 0 aliphatic heterocycles. The first-order valence-corrected chi connectivity index (χ1v) is 9.35. The fourth-order valence-corrected chi connectivity index (χ4v) is 3.44. The molecule has 2 rings (SSSR count). The van der Waals surface area contributed by atoms with Gasteiger partial charge in [-0.05, 0) is 17.7 Å². The summed E-state index contributed by atoms with van der Waals surface area (Å²) in [7, 11) is 0.557. The molecule has 0 aromatic heterocycles. The number of nitrogens with zero attached hydrogens (tertiary/aromatic N) is 1. The predicted octanol–water partition coefficient (Wildman–Crippen LogP) is 1.64. The minimum atomic E-state index is -3.91. The van der Waals surface area contributed by atoms with Crippen molar-refractivity contribution in [3.63, 3.8) is 0 Å². The van der Waals surface area contributed by atoms with E-state index in [1.807, 2.05) is 30.3 Å². The van der Waals surface area contributed by atoms with Gasteiger partial charge in [-0.3, -0.25) is 4.79 Å². The van der Waals surface area contributed by atoms with Crippen LogP contribution in [0.1, 0.15) is 5.56 Å². The maximum atomic E-state index is 12.5. The zero-order valence-corrected chi connectivity index (χ0v) is 15.7. The summed E-state index contributed by atoms with van der Waals surface area (Å²) in [6, 6.07) is 13.8. The molecule has 0 aliphatic carbocycles. The summed E-state index contributed by atoms with van der Waals surface area (Å²) < 4.78 is 37.5. The third kappa shape index (κ3) is 4.96. The highest BCUT2D eigenvalue weighted by Crippen LogP contribution is 2.28. The topological polar surface area (TPSA) is 84.9 Å². The third-order valence-electron chi connectivity index (χ3n) is 3.76. The molecule has 0 saturated heterocycles. The lowest BCUT2D eigenvalue weighted by molar-refractivity contribution is -0.129. The summed E-state index contributed by atoms with van der Waals surface area (Å²) in [5, 5.41) is 0. The molecule has 26 heavy (non-hydrogen) atoms. The minimum absolute atomic E-state index is 0.0562. The average molecular weight is 378 g/mol. The summed E-state index contributed by atoms with van der Waals surface area (Å²) in [5.41, 5.74) is 0.961. The zero-order valence-electron chi connectivity index (χ0n) is 14.9. The zero-order chi connectivity index (χ0) is 19.2. The Morgan fingerprint density at radius 3 is 2.38 bits per heavy atom. The van der Waals surface area contributed by atoms with Gasteiger partial charge < -0.3 is 14.4 Å². The Kier molecular flexibility index (Phi) is 6.59. The van der Waals surface area contributed by atoms with Crippen molar-refractivity contribution in [1.82, 2.24) is 9.62 Å². The fourth-order valence-electron chi connectivity index (χ4n) is 2.31. The number of methoxy groups -OCH3 is 2. The summed E-state index contributed by atoms with van der Waals surface area (Å²) in [4.78, 5) is 13.6. The van der Waals surface area contributed by atoms with E-state index in [9.17, 15) is 13.2 Å². The summed E-state index contributed by atoms with van der Waals surface area (Å²) in [5.74, 6) is 0.270. The van der Waals surface area contributed by atoms with Crippen LogP contribution in [-0.4, -0.2) is 47.0 Å². The molecule has 0 saturated carbocycles. The monoisotopic (exact) mass is 378 g/mol. The number of hydrogen-bond donors (Lipinski definition) is 1. The summed E-state index contributed by atoms with van der Waals surface area (Å²) >= 11 is 0. The van der Waals surface area contributed by atoms with Gasteiger partial charge in [-0.2, -0.15) is 0 Å². The first-order chi connectivity index (χ1) is 12.4. The van der Waals surface area contributed by atoms with Gasteiger partial charge in [0, 0.05) is 19.7 Å². The lowest BCUT2D eigenvalue weighted by Crippen LogP contribution is -2.37. The van der Waals surface area contributed by atoms with Gasteiger partial charge in [-0.1, -0.05) is 30.3 Å². The van der Waals surface area contributed by atoms with Crippen LogP contribution < -0.4 is 14.2 Å². The van der Waals surface area contributed by atoms with Crippen LogP contribution in [0.25, 0.3) is 0 Å². The number of hydrogen-bond acceptors (Lipinski definition) is 5. The Bertz CT molecular complexity index is 853. The largest absolute Gasteiger partial charge is 0.497 e. The van der Waals surface area contributed by atoms with E-state index in [-0.39, 0.29) is 23.1 Å². The van der Waals surface area contributed by atoms with E-state index >= 15 is 0 Å². The van der Waals surface area contributed by atoms with Crippen LogP contribution >= 0.6 is 0 Å². The molecule has 0 atom stereocenters. The predicted molar refractivity (Wildman–Crippen MR) is 97.7 cm³/mol. The lowest BCUT2D eigenvalue weighted by atomic mass is 10.2. The van der Waals surface area contributed by atoms with E-state index in [1.54, 1.807) is 7.05 Å². The summed E-state index contributed by atoms with van der Waals surface area (Å²) in [6.45, 7) is 0.0497. The van der Waals surface area contributed by atoms with Gasteiger partial charge in [0.2, 0.25) is 15.9 Å². The van der Waals surface area contributed by atoms with Crippen LogP contribution in [0.15, 0.2) is 53.4 Å². The van der Waals surface area contributed by atoms with Crippen molar-refractivity contribution in [2.24, 2.45) is 0 Å². The Morgan fingerprint density at radius 2 is 1.77 bits per heavy atom. The molecule has 2 aromatic carbocycles. The van der Waals surface area contributed by atoms with Gasteiger partial charge in [0.15, 0.2) is 0 Å². The van der Waals surface area contributed by atoms with Crippen LogP contribution in [0.2, 0.25) is 0 Å². The molecule has 0 aliphatic rings. The molecule has 2 aromatic rings. The second kappa shape index (κ2) is 8.68. The molecule has 0 spiro atoms. The highest BCUT2D eigenvalue weighted by molar-refractivity contribution is 7.89. The van der Waals surface area contributed by atoms with Gasteiger partial charge in [-0.15, -0.1) is 0 Å². The molecule has 140 valence electrons. The minimum Gasteiger partial charge on any atom is -0.497 e. The van der Waals surface area contributed by atoms with Crippen molar-refractivity contribution in [2.45, 2.75) is 11.4 Å². The van der Waals surface area contributed by atoms with Crippen molar-refractivity contribution in [2.75, 3.05) is 27.8 Å². The summed E-state index contributed by atoms with van der Waals surface area (Å²) in [6.07, 6.45) is 0. The number of nitrogens with one attached hydrogen (secondary N) is 1. The molecule has 1 amide bonds. The molecule has 0 heterocycles. The van der Waals surface area contributed by atoms with Gasteiger partial charge in [0.1, 0.15) is 16.4 Å². The van der Waals surface area contributed by atoms with Gasteiger partial charge >= 0.3 is 0 Å². The van der Waals surface area contributed by atoms with E-state index in [2.05, 4.69) is 4.72 Å². The number of ether oxygens (including phenoxy) is 2. The van der Waals surface area contributed by atoms with Crippen molar-refractivity contribution in [3.8, 4) is 11.5 Å². The van der Waals surface area contributed by atoms with Crippen LogP contribution in [0.3, 0.4) is 0 Å². The molecular weight excluding hydrogens is 356 g/mol. The van der Waals surface area contributed by atoms with Gasteiger partial charge in [-0.25, -0.2) is 13.1 Å². The van der Waals surface area contributed by atoms with E-state index in [4.69, 9.17) is 9.47 Å². The second-order valence-electron chi connectivity index (χ2n) is 5.58. The van der Waals surface area contributed by atoms with E-state index < -0.39 is 10.0 Å². The van der Waals surface area contributed by atoms with Crippen molar-refractivity contribution >= 4 is 15.9 Å². The Balaban J connectivity index is 2.04. The highest BCUT2D eigenvalue weighted by atomic mass is 32.2. The van der Waals surface area contributed by atoms with Crippen LogP contribution in [0, 0.1) is 0 Å². The molecule has 0 radical (unpaired) electrons. The molecule has 0 fully saturated rings. The molecule has 1 N–H and O–H groups in total. The second-order valence-corrected chi connectivity index (χ2v) is 7.31. The molecule has 8 heteroatoms. The van der Waals surface area contributed by atoms with Crippen molar-refractivity contribution in [3.05, 3.63) is 54.1 Å². The van der Waals surface area contributed by atoms with Crippen LogP contribution in [0.5, 0.6) is 11.5 Å². The molecular formula is C18H22N2O5S. The van der Waals surface area contributed by atoms with Gasteiger partial charge in [0.05, 0.1) is 20.8 Å². The van der Waals surface area contributed by atoms with E-state index in [0.717, 1.165) is 5.56 Å². The number of amides is 1. The van der Waals surface area contributed by atoms with Gasteiger partial charge in [0.25, 0.3) is 0 Å². The standard InChI is InChI=1S/C18H22N2O5S/c1-20(13-14-7-5-4-6-8-14)18(21)12-19-26(22,23)17-10-9-15(24-2)11-16(17)25-3/h4-11,19H,12-13H2,1-3H3. The van der Waals surface area contributed by atoms with Crippen molar-refractivity contribution < 1.29 is 22.7 Å². The number of likely N-dealkylation sites (N-methyl/N-ethyl adjacent to an activating group) is 1. The molecule has 0 unspecified atom stereocenters. The van der Waals surface area contributed by atoms with E-state index in [1.165, 1.54) is 37.3 Å². The number of benzene rings is 2. The third-order valence-corrected chi connectivity index (χ3v) is 5.20. The maximum Gasteiger partial charge on any atom is 0.244 e. The first kappa shape index (κ1) is 19.7. The Morgan fingerprint density at radius 1 is 1.08 bits per heavy atom. The molecule has 7 nitrogen and oxygen atoms in total. The Labute approximate surface area is 153 Å². The number of sulfonamides is 1. The van der Waals surface area contributed by atoms with Crippen molar-refractivity contribution in [1.29, 1.82) is 0 Å². The first-order valence-electron chi connectivity index (χ1n) is 7.87. The molecule has 0 bridgehead atoms. The fraction of sp³-hybridized carbons (Fsp3) is 0.278. The smallest absolute Gasteiger partial charge is 0.244 e. The Hall–Kier alpha value is -2.58. The SMILES string of the molecule is COc1ccc(S(=O)(=O)NCC(=O)N(C)Cc2ccccc2)c(OC)c1. The lowest BCUT2D eigenvalue weighted by Gasteiger charge is -2.18.